The van der Waals surface area contributed by atoms with Crippen LogP contribution in [0.1, 0.15) is 33.6 Å². The van der Waals surface area contributed by atoms with Gasteiger partial charge in [-0.25, -0.2) is 4.39 Å². The quantitative estimate of drug-likeness (QED) is 0.744. The van der Waals surface area contributed by atoms with Gasteiger partial charge in [0.15, 0.2) is 0 Å². The third kappa shape index (κ3) is 1.70. The Morgan fingerprint density at radius 2 is 1.80 bits per heavy atom. The van der Waals surface area contributed by atoms with E-state index in [0.29, 0.717) is 0 Å². The molecule has 1 saturated heterocycles. The molecule has 20 heavy (non-hydrogen) atoms. The van der Waals surface area contributed by atoms with Gasteiger partial charge < -0.3 is 0 Å². The van der Waals surface area contributed by atoms with Crippen molar-refractivity contribution in [2.75, 3.05) is 0 Å². The summed E-state index contributed by atoms with van der Waals surface area (Å²) in [5.74, 6) is -3.10. The van der Waals surface area contributed by atoms with Crippen LogP contribution in [0.3, 0.4) is 0 Å². The van der Waals surface area contributed by atoms with E-state index >= 15 is 0 Å². The van der Waals surface area contributed by atoms with Crippen molar-refractivity contribution in [2.24, 2.45) is 0 Å². The molecule has 102 valence electrons. The minimum atomic E-state index is -1.02. The van der Waals surface area contributed by atoms with Crippen molar-refractivity contribution in [2.45, 2.75) is 18.9 Å². The Hall–Kier alpha value is -2.57. The van der Waals surface area contributed by atoms with Crippen LogP contribution in [-0.2, 0) is 9.59 Å². The Balaban J connectivity index is 1.97. The maximum Gasteiger partial charge on any atom is 0.262 e. The number of carbonyl (C=O) groups excluding carboxylic acids is 4. The summed E-state index contributed by atoms with van der Waals surface area (Å²) in [5, 5.41) is 2.09. The second kappa shape index (κ2) is 4.22. The van der Waals surface area contributed by atoms with E-state index in [-0.39, 0.29) is 24.0 Å². The van der Waals surface area contributed by atoms with Gasteiger partial charge in [0.2, 0.25) is 11.8 Å². The molecule has 0 aliphatic carbocycles. The Kier molecular flexibility index (Phi) is 2.63. The van der Waals surface area contributed by atoms with Crippen LogP contribution in [0, 0.1) is 5.82 Å². The number of nitrogens with one attached hydrogen (secondary N) is 1. The molecule has 0 aromatic heterocycles. The molecule has 1 atom stereocenters. The lowest BCUT2D eigenvalue weighted by Crippen LogP contribution is -2.54. The standard InChI is InChI=1S/C13H9FN2O4/c14-6-1-2-7-8(5-6)13(20)16(12(7)19)9-3-4-10(17)15-11(9)18/h1-2,5,9H,3-4H2,(H,15,17,18)/t9-/m0/s1. The molecule has 6 nitrogen and oxygen atoms in total. The van der Waals surface area contributed by atoms with Crippen LogP contribution in [0.5, 0.6) is 0 Å². The van der Waals surface area contributed by atoms with E-state index < -0.39 is 35.5 Å². The first-order valence-corrected chi connectivity index (χ1v) is 6.00. The number of rotatable bonds is 1. The zero-order valence-electron chi connectivity index (χ0n) is 10.2. The highest BCUT2D eigenvalue weighted by molar-refractivity contribution is 6.23. The summed E-state index contributed by atoms with van der Waals surface area (Å²) in [5.41, 5.74) is 0.0146. The number of halogens is 1. The molecular weight excluding hydrogens is 267 g/mol. The Morgan fingerprint density at radius 1 is 1.10 bits per heavy atom. The van der Waals surface area contributed by atoms with Gasteiger partial charge in [0.25, 0.3) is 11.8 Å². The Bertz CT molecular complexity index is 670. The molecule has 4 amide bonds. The normalized spacial score (nSPS) is 22.1. The molecule has 2 aliphatic heterocycles. The fourth-order valence-corrected chi connectivity index (χ4v) is 2.44. The average molecular weight is 276 g/mol. The number of hydrogen-bond donors (Lipinski definition) is 1. The summed E-state index contributed by atoms with van der Waals surface area (Å²) in [6.45, 7) is 0. The highest BCUT2D eigenvalue weighted by Gasteiger charge is 2.44. The van der Waals surface area contributed by atoms with Gasteiger partial charge >= 0.3 is 0 Å². The maximum atomic E-state index is 13.2. The molecule has 0 spiro atoms. The van der Waals surface area contributed by atoms with E-state index in [2.05, 4.69) is 5.32 Å². The van der Waals surface area contributed by atoms with Gasteiger partial charge in [-0.2, -0.15) is 0 Å². The molecule has 2 aliphatic rings. The number of fused-ring (bicyclic) bond motifs is 1. The van der Waals surface area contributed by atoms with Crippen molar-refractivity contribution >= 4 is 23.6 Å². The number of hydrogen-bond acceptors (Lipinski definition) is 4. The van der Waals surface area contributed by atoms with Crippen molar-refractivity contribution in [1.82, 2.24) is 10.2 Å². The number of amides is 4. The minimum Gasteiger partial charge on any atom is -0.295 e. The maximum absolute atomic E-state index is 13.2. The number of nitrogens with zero attached hydrogens (tertiary/aromatic N) is 1. The van der Waals surface area contributed by atoms with E-state index in [9.17, 15) is 23.6 Å². The summed E-state index contributed by atoms with van der Waals surface area (Å²) in [7, 11) is 0. The van der Waals surface area contributed by atoms with Crippen molar-refractivity contribution in [3.8, 4) is 0 Å². The van der Waals surface area contributed by atoms with Gasteiger partial charge in [-0.1, -0.05) is 0 Å². The van der Waals surface area contributed by atoms with Crippen molar-refractivity contribution in [3.63, 3.8) is 0 Å². The van der Waals surface area contributed by atoms with E-state index in [1.165, 1.54) is 6.07 Å². The van der Waals surface area contributed by atoms with Gasteiger partial charge in [0, 0.05) is 6.42 Å². The van der Waals surface area contributed by atoms with Crippen molar-refractivity contribution < 1.29 is 23.6 Å². The van der Waals surface area contributed by atoms with Crippen LogP contribution in [0.4, 0.5) is 4.39 Å². The smallest absolute Gasteiger partial charge is 0.262 e. The highest BCUT2D eigenvalue weighted by atomic mass is 19.1. The summed E-state index contributed by atoms with van der Waals surface area (Å²) in [6.07, 6.45) is 0.136. The van der Waals surface area contributed by atoms with E-state index in [4.69, 9.17) is 0 Å². The predicted molar refractivity (Wildman–Crippen MR) is 63.1 cm³/mol. The lowest BCUT2D eigenvalue weighted by atomic mass is 10.0. The van der Waals surface area contributed by atoms with Crippen LogP contribution in [0.2, 0.25) is 0 Å². The molecule has 1 fully saturated rings. The van der Waals surface area contributed by atoms with Gasteiger partial charge in [0.1, 0.15) is 11.9 Å². The van der Waals surface area contributed by atoms with Crippen molar-refractivity contribution in [3.05, 3.63) is 35.1 Å². The molecule has 1 N–H and O–H groups in total. The lowest BCUT2D eigenvalue weighted by molar-refractivity contribution is -0.136. The van der Waals surface area contributed by atoms with Gasteiger partial charge in [-0.15, -0.1) is 0 Å². The molecule has 3 rings (SSSR count). The van der Waals surface area contributed by atoms with E-state index in [1.807, 2.05) is 0 Å². The number of benzene rings is 1. The Morgan fingerprint density at radius 3 is 2.50 bits per heavy atom. The summed E-state index contributed by atoms with van der Waals surface area (Å²) in [4.78, 5) is 48.0. The molecule has 0 radical (unpaired) electrons. The zero-order chi connectivity index (χ0) is 14.4. The zero-order valence-corrected chi connectivity index (χ0v) is 10.2. The number of imide groups is 2. The average Bonchev–Trinajstić information content (AvgIpc) is 2.63. The molecule has 0 unspecified atom stereocenters. The number of piperidine rings is 1. The molecule has 1 aromatic carbocycles. The van der Waals surface area contributed by atoms with Crippen LogP contribution >= 0.6 is 0 Å². The first-order valence-electron chi connectivity index (χ1n) is 6.00. The lowest BCUT2D eigenvalue weighted by Gasteiger charge is -2.27. The second-order valence-corrected chi connectivity index (χ2v) is 4.64. The van der Waals surface area contributed by atoms with Gasteiger partial charge in [-0.3, -0.25) is 29.4 Å². The largest absolute Gasteiger partial charge is 0.295 e. The van der Waals surface area contributed by atoms with Gasteiger partial charge in [0.05, 0.1) is 11.1 Å². The van der Waals surface area contributed by atoms with E-state index in [0.717, 1.165) is 17.0 Å². The minimum absolute atomic E-state index is 0.0537. The topological polar surface area (TPSA) is 83.6 Å². The molecule has 7 heteroatoms. The summed E-state index contributed by atoms with van der Waals surface area (Å²) in [6, 6.07) is 2.25. The van der Waals surface area contributed by atoms with Crippen LogP contribution < -0.4 is 5.32 Å². The number of carbonyl (C=O) groups is 4. The molecule has 0 bridgehead atoms. The third-order valence-corrected chi connectivity index (χ3v) is 3.40. The van der Waals surface area contributed by atoms with E-state index in [1.54, 1.807) is 0 Å². The van der Waals surface area contributed by atoms with Crippen molar-refractivity contribution in [1.29, 1.82) is 0 Å². The fraction of sp³-hybridized carbons (Fsp3) is 0.231. The van der Waals surface area contributed by atoms with Crippen LogP contribution in [0.15, 0.2) is 18.2 Å². The highest BCUT2D eigenvalue weighted by Crippen LogP contribution is 2.27. The van der Waals surface area contributed by atoms with Crippen LogP contribution in [0.25, 0.3) is 0 Å². The Labute approximate surface area is 112 Å². The SMILES string of the molecule is O=C1CC[C@H](N2C(=O)c3ccc(F)cc3C2=O)C(=O)N1. The summed E-state index contributed by atoms with van der Waals surface area (Å²) >= 11 is 0. The monoisotopic (exact) mass is 276 g/mol. The third-order valence-electron chi connectivity index (χ3n) is 3.40. The molecule has 1 aromatic rings. The fourth-order valence-electron chi connectivity index (χ4n) is 2.44. The van der Waals surface area contributed by atoms with Crippen LogP contribution in [-0.4, -0.2) is 34.6 Å². The first-order chi connectivity index (χ1) is 9.49. The first kappa shape index (κ1) is 12.5. The molecular formula is C13H9FN2O4. The van der Waals surface area contributed by atoms with Gasteiger partial charge in [-0.05, 0) is 24.6 Å². The predicted octanol–water partition coefficient (Wildman–Crippen LogP) is 0.227. The second-order valence-electron chi connectivity index (χ2n) is 4.64. The molecule has 0 saturated carbocycles. The summed E-state index contributed by atoms with van der Waals surface area (Å²) < 4.78 is 13.2. The molecule has 2 heterocycles.